The summed E-state index contributed by atoms with van der Waals surface area (Å²) in [6, 6.07) is 3.53. The molecule has 1 amide bonds. The monoisotopic (exact) mass is 303 g/mol. The summed E-state index contributed by atoms with van der Waals surface area (Å²) in [6.07, 6.45) is 6.05. The normalized spacial score (nSPS) is 10.5. The Kier molecular flexibility index (Phi) is 3.87. The van der Waals surface area contributed by atoms with Gasteiger partial charge in [-0.25, -0.2) is 4.68 Å². The molecule has 106 valence electrons. The van der Waals surface area contributed by atoms with Crippen LogP contribution in [0, 0.1) is 0 Å². The van der Waals surface area contributed by atoms with Gasteiger partial charge in [-0.15, -0.1) is 20.4 Å². The highest BCUT2D eigenvalue weighted by Gasteiger charge is 2.11. The fraction of sp³-hybridized carbons (Fsp3) is 0.0909. The number of aromatic nitrogens is 6. The van der Waals surface area contributed by atoms with Gasteiger partial charge in [0, 0.05) is 18.0 Å². The minimum atomic E-state index is -0.233. The van der Waals surface area contributed by atoms with Crippen LogP contribution < -0.4 is 5.43 Å². The predicted molar refractivity (Wildman–Crippen MR) is 72.6 cm³/mol. The Morgan fingerprint density at radius 2 is 2.00 bits per heavy atom. The highest BCUT2D eigenvalue weighted by Crippen LogP contribution is 2.22. The van der Waals surface area contributed by atoms with Crippen LogP contribution in [0.25, 0.3) is 11.5 Å². The van der Waals surface area contributed by atoms with Crippen LogP contribution in [0.3, 0.4) is 0 Å². The standard InChI is InChI=1S/C11H9N7O2S/c19-9(17-18-6-13-14-7-18)5-21-11-16-15-10(20-11)8-1-3-12-4-2-8/h1-4,6-7H,5H2,(H,17,19). The minimum absolute atomic E-state index is 0.135. The summed E-state index contributed by atoms with van der Waals surface area (Å²) in [7, 11) is 0. The van der Waals surface area contributed by atoms with Gasteiger partial charge in [-0.05, 0) is 12.1 Å². The van der Waals surface area contributed by atoms with E-state index in [4.69, 9.17) is 4.42 Å². The molecular formula is C11H9N7O2S. The molecule has 0 aliphatic heterocycles. The van der Waals surface area contributed by atoms with Gasteiger partial charge in [0.05, 0.1) is 5.75 Å². The quantitative estimate of drug-likeness (QED) is 0.681. The molecular weight excluding hydrogens is 294 g/mol. The van der Waals surface area contributed by atoms with Crippen molar-refractivity contribution in [2.24, 2.45) is 0 Å². The molecule has 3 aromatic heterocycles. The molecule has 0 aliphatic rings. The number of carbonyl (C=O) groups is 1. The van der Waals surface area contributed by atoms with Crippen LogP contribution in [0.5, 0.6) is 0 Å². The van der Waals surface area contributed by atoms with Crippen molar-refractivity contribution in [3.63, 3.8) is 0 Å². The van der Waals surface area contributed by atoms with Crippen LogP contribution in [0.15, 0.2) is 46.8 Å². The molecule has 0 bridgehead atoms. The van der Waals surface area contributed by atoms with Crippen molar-refractivity contribution in [3.05, 3.63) is 37.2 Å². The molecule has 9 nitrogen and oxygen atoms in total. The molecule has 0 saturated carbocycles. The van der Waals surface area contributed by atoms with E-state index in [1.54, 1.807) is 24.5 Å². The summed E-state index contributed by atoms with van der Waals surface area (Å²) in [4.78, 5) is 15.6. The molecule has 0 aliphatic carbocycles. The zero-order valence-electron chi connectivity index (χ0n) is 10.6. The summed E-state index contributed by atoms with van der Waals surface area (Å²) >= 11 is 1.14. The number of carbonyl (C=O) groups excluding carboxylic acids is 1. The van der Waals surface area contributed by atoms with Crippen molar-refractivity contribution in [1.29, 1.82) is 0 Å². The first-order valence-corrected chi connectivity index (χ1v) is 6.81. The lowest BCUT2D eigenvalue weighted by molar-refractivity contribution is -0.114. The second-order valence-electron chi connectivity index (χ2n) is 3.80. The third-order valence-corrected chi connectivity index (χ3v) is 3.15. The van der Waals surface area contributed by atoms with Crippen molar-refractivity contribution in [2.75, 3.05) is 11.2 Å². The van der Waals surface area contributed by atoms with Gasteiger partial charge in [0.25, 0.3) is 5.22 Å². The van der Waals surface area contributed by atoms with E-state index in [-0.39, 0.29) is 11.7 Å². The van der Waals surface area contributed by atoms with E-state index in [9.17, 15) is 4.79 Å². The second-order valence-corrected chi connectivity index (χ2v) is 4.73. The first kappa shape index (κ1) is 13.2. The van der Waals surface area contributed by atoms with Crippen molar-refractivity contribution in [1.82, 2.24) is 30.1 Å². The summed E-state index contributed by atoms with van der Waals surface area (Å²) < 4.78 is 6.82. The van der Waals surface area contributed by atoms with Crippen molar-refractivity contribution < 1.29 is 9.21 Å². The molecule has 1 N–H and O–H groups in total. The van der Waals surface area contributed by atoms with E-state index in [2.05, 4.69) is 30.8 Å². The second kappa shape index (κ2) is 6.13. The molecule has 0 radical (unpaired) electrons. The molecule has 21 heavy (non-hydrogen) atoms. The average Bonchev–Trinajstić information content (AvgIpc) is 3.17. The molecule has 0 unspecified atom stereocenters. The van der Waals surface area contributed by atoms with Crippen molar-refractivity contribution in [3.8, 4) is 11.5 Å². The first-order valence-electron chi connectivity index (χ1n) is 5.82. The number of thioether (sulfide) groups is 1. The van der Waals surface area contributed by atoms with Gasteiger partial charge in [0.2, 0.25) is 11.8 Å². The topological polar surface area (TPSA) is 112 Å². The van der Waals surface area contributed by atoms with E-state index in [1.807, 2.05) is 0 Å². The lowest BCUT2D eigenvalue weighted by atomic mass is 10.3. The maximum absolute atomic E-state index is 11.7. The van der Waals surface area contributed by atoms with Crippen LogP contribution in [0.2, 0.25) is 0 Å². The predicted octanol–water partition coefficient (Wildman–Crippen LogP) is 0.585. The highest BCUT2D eigenvalue weighted by molar-refractivity contribution is 7.99. The molecule has 0 fully saturated rings. The van der Waals surface area contributed by atoms with Gasteiger partial charge >= 0.3 is 0 Å². The van der Waals surface area contributed by atoms with Crippen LogP contribution in [0.4, 0.5) is 0 Å². The fourth-order valence-electron chi connectivity index (χ4n) is 1.44. The van der Waals surface area contributed by atoms with E-state index in [1.165, 1.54) is 17.3 Å². The number of nitrogens with one attached hydrogen (secondary N) is 1. The third-order valence-electron chi connectivity index (χ3n) is 2.33. The Balaban J connectivity index is 1.56. The molecule has 3 rings (SSSR count). The Labute approximate surface area is 122 Å². The maximum Gasteiger partial charge on any atom is 0.277 e. The Bertz CT molecular complexity index is 713. The van der Waals surface area contributed by atoms with Crippen LogP contribution in [0.1, 0.15) is 0 Å². The van der Waals surface area contributed by atoms with Gasteiger partial charge in [-0.2, -0.15) is 0 Å². The number of nitrogens with zero attached hydrogens (tertiary/aromatic N) is 6. The number of rotatable bonds is 5. The Morgan fingerprint density at radius 3 is 2.76 bits per heavy atom. The first-order chi connectivity index (χ1) is 10.3. The highest BCUT2D eigenvalue weighted by atomic mass is 32.2. The minimum Gasteiger partial charge on any atom is -0.411 e. The summed E-state index contributed by atoms with van der Waals surface area (Å²) in [5, 5.41) is 15.3. The number of hydrogen-bond donors (Lipinski definition) is 1. The van der Waals surface area contributed by atoms with E-state index in [0.29, 0.717) is 11.1 Å². The lowest BCUT2D eigenvalue weighted by Crippen LogP contribution is -2.23. The van der Waals surface area contributed by atoms with Crippen LogP contribution in [-0.4, -0.2) is 41.7 Å². The molecule has 0 spiro atoms. The Morgan fingerprint density at radius 1 is 1.24 bits per heavy atom. The molecule has 3 aromatic rings. The molecule has 0 atom stereocenters. The fourth-order valence-corrected chi connectivity index (χ4v) is 2.00. The maximum atomic E-state index is 11.7. The largest absolute Gasteiger partial charge is 0.411 e. The average molecular weight is 303 g/mol. The molecule has 0 saturated heterocycles. The van der Waals surface area contributed by atoms with Crippen molar-refractivity contribution >= 4 is 17.7 Å². The van der Waals surface area contributed by atoms with Gasteiger partial charge in [-0.1, -0.05) is 11.8 Å². The van der Waals surface area contributed by atoms with Gasteiger partial charge < -0.3 is 4.42 Å². The number of amides is 1. The lowest BCUT2D eigenvalue weighted by Gasteiger charge is -2.01. The summed E-state index contributed by atoms with van der Waals surface area (Å²) in [5.41, 5.74) is 3.34. The van der Waals surface area contributed by atoms with Crippen LogP contribution in [-0.2, 0) is 4.79 Å². The zero-order chi connectivity index (χ0) is 14.5. The van der Waals surface area contributed by atoms with E-state index in [0.717, 1.165) is 17.3 Å². The molecule has 10 heteroatoms. The smallest absolute Gasteiger partial charge is 0.277 e. The summed E-state index contributed by atoms with van der Waals surface area (Å²) in [6.45, 7) is 0. The molecule has 3 heterocycles. The zero-order valence-corrected chi connectivity index (χ0v) is 11.4. The number of hydrogen-bond acceptors (Lipinski definition) is 8. The molecule has 0 aromatic carbocycles. The summed E-state index contributed by atoms with van der Waals surface area (Å²) in [5.74, 6) is 0.290. The number of pyridine rings is 1. The SMILES string of the molecule is O=C(CSc1nnc(-c2ccncc2)o1)Nn1cnnc1. The Hall–Kier alpha value is -2.75. The van der Waals surface area contributed by atoms with Gasteiger partial charge in [-0.3, -0.25) is 15.2 Å². The van der Waals surface area contributed by atoms with E-state index >= 15 is 0 Å². The van der Waals surface area contributed by atoms with Crippen molar-refractivity contribution in [2.45, 2.75) is 5.22 Å². The third kappa shape index (κ3) is 3.42. The van der Waals surface area contributed by atoms with Gasteiger partial charge in [0.1, 0.15) is 12.7 Å². The van der Waals surface area contributed by atoms with E-state index < -0.39 is 0 Å². The van der Waals surface area contributed by atoms with Gasteiger partial charge in [0.15, 0.2) is 0 Å². The van der Waals surface area contributed by atoms with Crippen LogP contribution >= 0.6 is 11.8 Å².